The van der Waals surface area contributed by atoms with Gasteiger partial charge in [-0.05, 0) is 85.7 Å². The van der Waals surface area contributed by atoms with E-state index in [1.165, 1.54) is 6.08 Å². The minimum atomic E-state index is -0.878. The highest BCUT2D eigenvalue weighted by Gasteiger charge is 2.35. The monoisotopic (exact) mass is 638 g/mol. The van der Waals surface area contributed by atoms with Crippen LogP contribution in [0.1, 0.15) is 65.5 Å². The van der Waals surface area contributed by atoms with Crippen molar-refractivity contribution in [2.45, 2.75) is 65.7 Å². The highest BCUT2D eigenvalue weighted by molar-refractivity contribution is 7.22. The maximum absolute atomic E-state index is 14.8. The van der Waals surface area contributed by atoms with Crippen molar-refractivity contribution >= 4 is 22.7 Å². The zero-order valence-corrected chi connectivity index (χ0v) is 28.2. The van der Waals surface area contributed by atoms with Crippen LogP contribution in [0.25, 0.3) is 0 Å². The SMILES string of the molecule is C/C=C\N[B]C(CC)CN(C(N)=O)C(=C1CC1)N(CNC(/C(C)=C(O)/C=C\C)c1ccccc1)CC1C=C(F)C(F)=C(P)C1C. The topological polar surface area (TPSA) is 93.9 Å². The van der Waals surface area contributed by atoms with Gasteiger partial charge in [-0.15, -0.1) is 9.24 Å². The summed E-state index contributed by atoms with van der Waals surface area (Å²) in [5.41, 5.74) is 8.81. The van der Waals surface area contributed by atoms with Crippen molar-refractivity contribution in [3.63, 3.8) is 0 Å². The molecule has 2 amide bonds. The second-order valence-electron chi connectivity index (χ2n) is 11.6. The lowest BCUT2D eigenvalue weighted by Crippen LogP contribution is -2.49. The van der Waals surface area contributed by atoms with Crippen LogP contribution >= 0.6 is 9.24 Å². The number of urea groups is 1. The van der Waals surface area contributed by atoms with Gasteiger partial charge in [0.15, 0.2) is 11.7 Å². The molecular weight excluding hydrogens is 590 g/mol. The smallest absolute Gasteiger partial charge is 0.320 e. The third-order valence-electron chi connectivity index (χ3n) is 8.34. The molecule has 45 heavy (non-hydrogen) atoms. The third kappa shape index (κ3) is 9.81. The van der Waals surface area contributed by atoms with Gasteiger partial charge in [0.2, 0.25) is 7.41 Å². The minimum Gasteiger partial charge on any atom is -0.508 e. The number of rotatable bonds is 16. The molecule has 1 aromatic carbocycles. The van der Waals surface area contributed by atoms with Gasteiger partial charge < -0.3 is 21.0 Å². The van der Waals surface area contributed by atoms with Crippen LogP contribution < -0.4 is 16.3 Å². The Hall–Kier alpha value is -3.36. The van der Waals surface area contributed by atoms with E-state index in [1.807, 2.05) is 82.6 Å². The quantitative estimate of drug-likeness (QED) is 0.0495. The van der Waals surface area contributed by atoms with E-state index in [-0.39, 0.29) is 41.4 Å². The zero-order chi connectivity index (χ0) is 33.1. The van der Waals surface area contributed by atoms with E-state index in [1.54, 1.807) is 17.1 Å². The second kappa shape index (κ2) is 17.4. The van der Waals surface area contributed by atoms with Gasteiger partial charge in [0.25, 0.3) is 0 Å². The molecule has 7 nitrogen and oxygen atoms in total. The van der Waals surface area contributed by atoms with Gasteiger partial charge in [-0.1, -0.05) is 62.8 Å². The van der Waals surface area contributed by atoms with Crippen molar-refractivity contribution in [1.29, 1.82) is 0 Å². The summed E-state index contributed by atoms with van der Waals surface area (Å²) in [5, 5.41) is 17.9. The Bertz CT molecular complexity index is 1360. The number of nitrogens with zero attached hydrogens (tertiary/aromatic N) is 2. The minimum absolute atomic E-state index is 0.000463. The van der Waals surface area contributed by atoms with Crippen LogP contribution in [0.15, 0.2) is 101 Å². The normalized spacial score (nSPS) is 20.1. The van der Waals surface area contributed by atoms with Crippen LogP contribution in [0.3, 0.4) is 0 Å². The molecule has 1 saturated carbocycles. The van der Waals surface area contributed by atoms with Crippen molar-refractivity contribution in [2.24, 2.45) is 17.6 Å². The summed E-state index contributed by atoms with van der Waals surface area (Å²) in [7, 11) is 4.31. The lowest BCUT2D eigenvalue weighted by molar-refractivity contribution is 0.170. The Kier molecular flexibility index (Phi) is 13.9. The first-order valence-corrected chi connectivity index (χ1v) is 16.2. The van der Waals surface area contributed by atoms with Crippen LogP contribution in [0.5, 0.6) is 0 Å². The molecule has 0 aliphatic heterocycles. The fourth-order valence-corrected chi connectivity index (χ4v) is 5.83. The first-order valence-electron chi connectivity index (χ1n) is 15.6. The van der Waals surface area contributed by atoms with Crippen LogP contribution in [-0.2, 0) is 0 Å². The molecule has 1 fully saturated rings. The Morgan fingerprint density at radius 3 is 2.49 bits per heavy atom. The van der Waals surface area contributed by atoms with E-state index in [4.69, 9.17) is 5.73 Å². The Labute approximate surface area is 270 Å². The number of carbonyl (C=O) groups excluding carboxylic acids is 1. The van der Waals surface area contributed by atoms with Crippen molar-refractivity contribution in [3.05, 3.63) is 106 Å². The van der Waals surface area contributed by atoms with Crippen LogP contribution in [-0.4, -0.2) is 48.1 Å². The molecule has 5 N–H and O–H groups in total. The van der Waals surface area contributed by atoms with Gasteiger partial charge in [0.05, 0.1) is 12.7 Å². The van der Waals surface area contributed by atoms with Crippen molar-refractivity contribution < 1.29 is 18.7 Å². The number of primary amides is 1. The first-order chi connectivity index (χ1) is 21.5. The summed E-state index contributed by atoms with van der Waals surface area (Å²) in [6.45, 7) is 10.5. The van der Waals surface area contributed by atoms with Crippen molar-refractivity contribution in [3.8, 4) is 0 Å². The highest BCUT2D eigenvalue weighted by Crippen LogP contribution is 2.41. The van der Waals surface area contributed by atoms with Gasteiger partial charge in [0.1, 0.15) is 11.6 Å². The standard InChI is InChI=1S/C34H48BF2N5O2P/c1-6-12-29(43)23(5)31(24-13-10-9-11-14-24)39-21-41(19-26-18-28(36)30(37)32(45)22(26)4)33(25-15-16-25)42(34(38)44)20-27(8-3)35-40-17-7-2/h6-7,9-14,17-18,22,26-27,31,39-40,43H,8,15-16,19-21,45H2,1-5H3,(H2,38,44)/b12-6-,17-7-,29-23-. The first kappa shape index (κ1) is 36.1. The molecule has 243 valence electrons. The molecule has 11 heteroatoms. The molecular formula is C34H48BF2N5O2P. The molecule has 5 unspecified atom stereocenters. The molecule has 0 saturated heterocycles. The number of nitrogens with two attached hydrogens (primary N) is 1. The van der Waals surface area contributed by atoms with Crippen molar-refractivity contribution in [2.75, 3.05) is 19.8 Å². The highest BCUT2D eigenvalue weighted by atomic mass is 31.0. The number of allylic oxidation sites excluding steroid dienone is 7. The maximum Gasteiger partial charge on any atom is 0.320 e. The van der Waals surface area contributed by atoms with E-state index < -0.39 is 17.7 Å². The molecule has 2 aliphatic carbocycles. The summed E-state index contributed by atoms with van der Waals surface area (Å²) in [5.74, 6) is -1.55. The number of benzene rings is 1. The zero-order valence-electron chi connectivity index (χ0n) is 27.1. The fourth-order valence-electron chi connectivity index (χ4n) is 5.44. The fraction of sp³-hybridized carbons (Fsp3) is 0.441. The van der Waals surface area contributed by atoms with Gasteiger partial charge in [-0.2, -0.15) is 0 Å². The average molecular weight is 639 g/mol. The number of nitrogens with one attached hydrogen (secondary N) is 2. The summed E-state index contributed by atoms with van der Waals surface area (Å²) in [4.78, 5) is 16.8. The Balaban J connectivity index is 2.05. The molecule has 5 atom stereocenters. The third-order valence-corrected chi connectivity index (χ3v) is 9.12. The van der Waals surface area contributed by atoms with Gasteiger partial charge in [0, 0.05) is 19.0 Å². The van der Waals surface area contributed by atoms with Crippen molar-refractivity contribution in [1.82, 2.24) is 20.3 Å². The molecule has 3 rings (SSSR count). The van der Waals surface area contributed by atoms with E-state index in [0.717, 1.165) is 36.0 Å². The largest absolute Gasteiger partial charge is 0.508 e. The van der Waals surface area contributed by atoms with E-state index >= 15 is 0 Å². The van der Waals surface area contributed by atoms with Crippen LogP contribution in [0.2, 0.25) is 5.82 Å². The molecule has 0 heterocycles. The molecule has 1 aromatic rings. The molecule has 2 aliphatic rings. The van der Waals surface area contributed by atoms with Crippen LogP contribution in [0.4, 0.5) is 13.6 Å². The lowest BCUT2D eigenvalue weighted by atomic mass is 9.73. The summed E-state index contributed by atoms with van der Waals surface area (Å²) < 4.78 is 29.3. The Morgan fingerprint density at radius 2 is 1.91 bits per heavy atom. The molecule has 0 aromatic heterocycles. The van der Waals surface area contributed by atoms with Gasteiger partial charge >= 0.3 is 6.03 Å². The maximum atomic E-state index is 14.8. The van der Waals surface area contributed by atoms with Gasteiger partial charge in [-0.25, -0.2) is 13.6 Å². The second-order valence-corrected chi connectivity index (χ2v) is 12.2. The van der Waals surface area contributed by atoms with E-state index in [2.05, 4.69) is 26.7 Å². The number of aliphatic hydroxyl groups excluding tert-OH is 1. The van der Waals surface area contributed by atoms with Gasteiger partial charge in [-0.3, -0.25) is 10.2 Å². The predicted octanol–water partition coefficient (Wildman–Crippen LogP) is 7.49. The number of aliphatic hydroxyl groups is 1. The summed E-state index contributed by atoms with van der Waals surface area (Å²) in [6, 6.07) is 8.84. The number of halogens is 2. The molecule has 1 radical (unpaired) electrons. The van der Waals surface area contributed by atoms with E-state index in [9.17, 15) is 18.7 Å². The summed E-state index contributed by atoms with van der Waals surface area (Å²) >= 11 is 0. The predicted molar refractivity (Wildman–Crippen MR) is 184 cm³/mol. The van der Waals surface area contributed by atoms with Crippen LogP contribution in [0, 0.1) is 11.8 Å². The Morgan fingerprint density at radius 1 is 1.22 bits per heavy atom. The molecule has 0 bridgehead atoms. The number of amides is 2. The summed E-state index contributed by atoms with van der Waals surface area (Å²) in [6.07, 6.45) is 10.9. The van der Waals surface area contributed by atoms with E-state index in [0.29, 0.717) is 18.9 Å². The number of carbonyl (C=O) groups is 1. The number of hydrogen-bond acceptors (Lipinski definition) is 5. The lowest BCUT2D eigenvalue weighted by Gasteiger charge is -2.39. The number of hydrogen-bond donors (Lipinski definition) is 4. The molecule has 0 spiro atoms. The average Bonchev–Trinajstić information content (AvgIpc) is 3.87.